The van der Waals surface area contributed by atoms with E-state index < -0.39 is 93.9 Å². The quantitative estimate of drug-likeness (QED) is 0.0820. The summed E-state index contributed by atoms with van der Waals surface area (Å²) < 4.78 is 52.8. The summed E-state index contributed by atoms with van der Waals surface area (Å²) in [5, 5.41) is 20.6. The van der Waals surface area contributed by atoms with Crippen LogP contribution in [-0.2, 0) is 85.7 Å². The van der Waals surface area contributed by atoms with Crippen LogP contribution in [0.25, 0.3) is 0 Å². The van der Waals surface area contributed by atoms with E-state index in [-0.39, 0.29) is 75.7 Å². The Morgan fingerprint density at radius 2 is 0.855 bits per heavy atom. The Hall–Kier alpha value is -7.12. The summed E-state index contributed by atoms with van der Waals surface area (Å²) in [6.45, 7) is 6.38. The molecule has 5 rings (SSSR count). The highest BCUT2D eigenvalue weighted by Crippen LogP contribution is 2.45. The van der Waals surface area contributed by atoms with Crippen molar-refractivity contribution in [2.75, 3.05) is 13.2 Å². The van der Waals surface area contributed by atoms with Gasteiger partial charge in [-0.15, -0.1) is 0 Å². The maximum absolute atomic E-state index is 12.9. The molecule has 20 heteroatoms. The monoisotopic (exact) mass is 868 g/mol. The predicted molar refractivity (Wildman–Crippen MR) is 203 cm³/mol. The second kappa shape index (κ2) is 19.1. The van der Waals surface area contributed by atoms with E-state index in [1.165, 1.54) is 50.3 Å². The van der Waals surface area contributed by atoms with E-state index in [1.54, 1.807) is 13.8 Å². The zero-order valence-corrected chi connectivity index (χ0v) is 34.1. The number of hydrogen-bond acceptors (Lipinski definition) is 20. The average Bonchev–Trinajstić information content (AvgIpc) is 3.18. The molecule has 2 unspecified atom stereocenters. The first kappa shape index (κ1) is 46.0. The number of rotatable bonds is 14. The van der Waals surface area contributed by atoms with E-state index in [1.807, 2.05) is 0 Å². The van der Waals surface area contributed by atoms with Gasteiger partial charge in [-0.05, 0) is 38.2 Å². The van der Waals surface area contributed by atoms with E-state index in [4.69, 9.17) is 47.4 Å². The first-order chi connectivity index (χ1) is 29.3. The average molecular weight is 869 g/mol. The van der Waals surface area contributed by atoms with Gasteiger partial charge in [0.05, 0.1) is 26.1 Å². The second-order valence-electron chi connectivity index (χ2n) is 14.3. The maximum Gasteiger partial charge on any atom is 0.348 e. The summed E-state index contributed by atoms with van der Waals surface area (Å²) in [6.07, 6.45) is 11.2. The van der Waals surface area contributed by atoms with E-state index in [0.717, 1.165) is 24.3 Å². The Bertz CT molecular complexity index is 1940. The standard InChI is InChI=1S/C42H44O20/c1-5-53-29(43)17-19-39(3)55-31(45)25(32(46)56-39)13-9-7-11-15-27-35(49)59-41(60-36(27)50)21-23-42(24-22-41)61-37(51)28(38(52)62-42)16-12-8-10-14-26-33(47)57-40(4,58-34(26)48)20-18-30(44)54-6-2/h7-16,45,47H,5-6,17-24H2,1-4H3/b11-7+,12-8?,13-9+,14-10?,27-15?,28-16?. The number of allylic oxidation sites excluding steroid dienone is 8. The number of carbonyl (C=O) groups is 8. The molecule has 3 fully saturated rings. The van der Waals surface area contributed by atoms with Gasteiger partial charge in [-0.1, -0.05) is 36.5 Å². The predicted octanol–water partition coefficient (Wildman–Crippen LogP) is 4.04. The maximum atomic E-state index is 12.9. The third kappa shape index (κ3) is 11.2. The van der Waals surface area contributed by atoms with Crippen LogP contribution in [0, 0.1) is 0 Å². The molecular weight excluding hydrogens is 824 g/mol. The SMILES string of the molecule is CCOC(=O)CCC1(C)OC(=O)C(C=CC=CC=C2C(=O)OC3(CCC4(CC3)OC(=O)C(=C/C=C/C=C/C3=C(O)OC(C)(CCC(=O)OCC)OC3=O)C(=O)O4)OC2=O)=C(O)O1. The van der Waals surface area contributed by atoms with Crippen molar-refractivity contribution < 1.29 is 95.9 Å². The lowest BCUT2D eigenvalue weighted by Gasteiger charge is -2.45. The van der Waals surface area contributed by atoms with Gasteiger partial charge < -0.3 is 57.6 Å². The van der Waals surface area contributed by atoms with Gasteiger partial charge in [-0.2, -0.15) is 0 Å². The minimum absolute atomic E-state index is 0.0718. The first-order valence-corrected chi connectivity index (χ1v) is 19.4. The molecule has 0 radical (unpaired) electrons. The lowest BCUT2D eigenvalue weighted by molar-refractivity contribution is -0.291. The Kier molecular flexibility index (Phi) is 14.1. The van der Waals surface area contributed by atoms with Gasteiger partial charge in [0.2, 0.25) is 0 Å². The molecule has 0 bridgehead atoms. The molecule has 0 aromatic rings. The van der Waals surface area contributed by atoms with Gasteiger partial charge in [0, 0.05) is 52.4 Å². The number of aliphatic hydroxyl groups is 2. The van der Waals surface area contributed by atoms with Crippen molar-refractivity contribution in [3.63, 3.8) is 0 Å². The molecule has 62 heavy (non-hydrogen) atoms. The molecule has 0 aromatic heterocycles. The van der Waals surface area contributed by atoms with Crippen LogP contribution in [0.3, 0.4) is 0 Å². The minimum atomic E-state index is -1.72. The lowest BCUT2D eigenvalue weighted by atomic mass is 9.87. The molecule has 1 aliphatic carbocycles. The van der Waals surface area contributed by atoms with Crippen LogP contribution in [0.4, 0.5) is 0 Å². The Morgan fingerprint density at radius 1 is 0.516 bits per heavy atom. The van der Waals surface area contributed by atoms with Gasteiger partial charge in [0.25, 0.3) is 35.0 Å². The molecule has 2 N–H and O–H groups in total. The molecule has 0 amide bonds. The minimum Gasteiger partial charge on any atom is -0.480 e. The first-order valence-electron chi connectivity index (χ1n) is 19.4. The number of ether oxygens (including phenoxy) is 10. The fourth-order valence-electron chi connectivity index (χ4n) is 6.38. The molecule has 0 aromatic carbocycles. The molecule has 5 aliphatic rings. The molecule has 4 aliphatic heterocycles. The molecule has 20 nitrogen and oxygen atoms in total. The van der Waals surface area contributed by atoms with Crippen molar-refractivity contribution in [1.29, 1.82) is 0 Å². The van der Waals surface area contributed by atoms with Crippen LogP contribution in [0.1, 0.15) is 79.1 Å². The van der Waals surface area contributed by atoms with E-state index >= 15 is 0 Å². The number of aliphatic hydroxyl groups excluding tert-OH is 2. The highest BCUT2D eigenvalue weighted by molar-refractivity contribution is 6.16. The van der Waals surface area contributed by atoms with Crippen molar-refractivity contribution in [2.24, 2.45) is 0 Å². The van der Waals surface area contributed by atoms with Crippen LogP contribution in [-0.4, -0.2) is 94.3 Å². The van der Waals surface area contributed by atoms with E-state index in [9.17, 15) is 48.6 Å². The largest absolute Gasteiger partial charge is 0.480 e. The normalized spacial score (nSPS) is 27.8. The highest BCUT2D eigenvalue weighted by Gasteiger charge is 2.57. The third-order valence-electron chi connectivity index (χ3n) is 9.58. The zero-order chi connectivity index (χ0) is 45.3. The molecule has 4 heterocycles. The fourth-order valence-corrected chi connectivity index (χ4v) is 6.38. The molecule has 2 saturated heterocycles. The number of esters is 8. The van der Waals surface area contributed by atoms with Crippen molar-refractivity contribution in [3.05, 3.63) is 94.9 Å². The van der Waals surface area contributed by atoms with E-state index in [2.05, 4.69) is 0 Å². The fraction of sp³-hybridized carbons (Fsp3) is 0.429. The van der Waals surface area contributed by atoms with Crippen LogP contribution >= 0.6 is 0 Å². The van der Waals surface area contributed by atoms with Crippen LogP contribution in [0.15, 0.2) is 94.9 Å². The van der Waals surface area contributed by atoms with Crippen molar-refractivity contribution in [1.82, 2.24) is 0 Å². The molecule has 2 atom stereocenters. The summed E-state index contributed by atoms with van der Waals surface area (Å²) in [5.74, 6) is -15.1. The second-order valence-corrected chi connectivity index (χ2v) is 14.3. The zero-order valence-electron chi connectivity index (χ0n) is 34.1. The van der Waals surface area contributed by atoms with Gasteiger partial charge in [-0.25, -0.2) is 28.8 Å². The van der Waals surface area contributed by atoms with E-state index in [0.29, 0.717) is 0 Å². The molecular formula is C42H44O20. The molecule has 332 valence electrons. The summed E-state index contributed by atoms with van der Waals surface area (Å²) in [6, 6.07) is 0. The van der Waals surface area contributed by atoms with Crippen LogP contribution < -0.4 is 0 Å². The smallest absolute Gasteiger partial charge is 0.348 e. The van der Waals surface area contributed by atoms with Crippen LogP contribution in [0.5, 0.6) is 0 Å². The summed E-state index contributed by atoms with van der Waals surface area (Å²) in [5.41, 5.74) is -1.58. The topological polar surface area (TPSA) is 269 Å². The highest BCUT2D eigenvalue weighted by atomic mass is 16.8. The van der Waals surface area contributed by atoms with Gasteiger partial charge in [0.15, 0.2) is 0 Å². The molecule has 2 spiro atoms. The Labute approximate surface area is 353 Å². The number of carbonyl (C=O) groups excluding carboxylic acids is 8. The van der Waals surface area contributed by atoms with Gasteiger partial charge >= 0.3 is 47.8 Å². The number of cyclic esters (lactones) is 2. The lowest BCUT2D eigenvalue weighted by Crippen LogP contribution is -2.56. The number of hydrogen-bond donors (Lipinski definition) is 2. The van der Waals surface area contributed by atoms with Gasteiger partial charge in [-0.3, -0.25) is 9.59 Å². The van der Waals surface area contributed by atoms with Crippen molar-refractivity contribution in [2.45, 2.75) is 102 Å². The van der Waals surface area contributed by atoms with Gasteiger partial charge in [0.1, 0.15) is 22.3 Å². The van der Waals surface area contributed by atoms with Crippen LogP contribution in [0.2, 0.25) is 0 Å². The summed E-state index contributed by atoms with van der Waals surface area (Å²) in [4.78, 5) is 100.0. The third-order valence-corrected chi connectivity index (χ3v) is 9.58. The van der Waals surface area contributed by atoms with Crippen molar-refractivity contribution in [3.8, 4) is 0 Å². The summed E-state index contributed by atoms with van der Waals surface area (Å²) >= 11 is 0. The molecule has 1 saturated carbocycles. The Morgan fingerprint density at radius 3 is 1.16 bits per heavy atom. The van der Waals surface area contributed by atoms with Crippen molar-refractivity contribution >= 4 is 47.8 Å². The summed E-state index contributed by atoms with van der Waals surface area (Å²) in [7, 11) is 0. The Balaban J connectivity index is 1.11.